The highest BCUT2D eigenvalue weighted by atomic mass is 16.5. The fourth-order valence-corrected chi connectivity index (χ4v) is 3.01. The fourth-order valence-electron chi connectivity index (χ4n) is 3.01. The average Bonchev–Trinajstić information content (AvgIpc) is 2.66. The first kappa shape index (κ1) is 19.1. The lowest BCUT2D eigenvalue weighted by Crippen LogP contribution is -2.46. The summed E-state index contributed by atoms with van der Waals surface area (Å²) in [5.74, 6) is 1.67. The van der Waals surface area contributed by atoms with E-state index in [0.717, 1.165) is 49.7 Å². The Bertz CT molecular complexity index is 581. The number of esters is 1. The van der Waals surface area contributed by atoms with Gasteiger partial charge in [0.1, 0.15) is 5.75 Å². The Balaban J connectivity index is 2.03. The van der Waals surface area contributed by atoms with Gasteiger partial charge in [-0.2, -0.15) is 0 Å². The predicted octanol–water partition coefficient (Wildman–Crippen LogP) is 2.44. The van der Waals surface area contributed by atoms with E-state index in [0.29, 0.717) is 13.2 Å². The number of guanidine groups is 1. The summed E-state index contributed by atoms with van der Waals surface area (Å²) in [6.45, 7) is 7.66. The van der Waals surface area contributed by atoms with Crippen LogP contribution in [0, 0.1) is 5.92 Å². The van der Waals surface area contributed by atoms with Gasteiger partial charge in [-0.1, -0.05) is 18.2 Å². The lowest BCUT2D eigenvalue weighted by molar-refractivity contribution is -0.146. The molecule has 2 rings (SSSR count). The number of ether oxygens (including phenoxy) is 2. The Labute approximate surface area is 150 Å². The topological polar surface area (TPSA) is 63.2 Å². The van der Waals surface area contributed by atoms with Crippen molar-refractivity contribution in [3.63, 3.8) is 0 Å². The molecule has 1 fully saturated rings. The monoisotopic (exact) mass is 347 g/mol. The summed E-state index contributed by atoms with van der Waals surface area (Å²) in [6.07, 6.45) is 1.60. The van der Waals surface area contributed by atoms with Crippen LogP contribution >= 0.6 is 0 Å². The van der Waals surface area contributed by atoms with Crippen molar-refractivity contribution in [3.8, 4) is 5.75 Å². The minimum atomic E-state index is -0.104. The van der Waals surface area contributed by atoms with Crippen LogP contribution in [0.15, 0.2) is 29.3 Å². The van der Waals surface area contributed by atoms with Crippen LogP contribution in [-0.4, -0.2) is 50.2 Å². The number of hydrogen-bond acceptors (Lipinski definition) is 4. The molecule has 0 atom stereocenters. The molecule has 138 valence electrons. The first-order valence-corrected chi connectivity index (χ1v) is 9.01. The lowest BCUT2D eigenvalue weighted by Gasteiger charge is -2.33. The van der Waals surface area contributed by atoms with Crippen LogP contribution in [0.4, 0.5) is 0 Å². The van der Waals surface area contributed by atoms with Gasteiger partial charge in [-0.15, -0.1) is 0 Å². The number of nitrogens with zero attached hydrogens (tertiary/aromatic N) is 2. The van der Waals surface area contributed by atoms with E-state index in [4.69, 9.17) is 14.5 Å². The minimum Gasteiger partial charge on any atom is -0.494 e. The minimum absolute atomic E-state index is 0.00260. The van der Waals surface area contributed by atoms with Crippen molar-refractivity contribution >= 4 is 11.9 Å². The smallest absolute Gasteiger partial charge is 0.308 e. The summed E-state index contributed by atoms with van der Waals surface area (Å²) in [5.41, 5.74) is 1.07. The quantitative estimate of drug-likeness (QED) is 0.486. The summed E-state index contributed by atoms with van der Waals surface area (Å²) in [5, 5.41) is 3.35. The Kier molecular flexibility index (Phi) is 7.57. The number of aliphatic imine (C=N–C) groups is 1. The van der Waals surface area contributed by atoms with E-state index in [2.05, 4.69) is 17.1 Å². The van der Waals surface area contributed by atoms with Crippen molar-refractivity contribution in [2.45, 2.75) is 33.2 Å². The highest BCUT2D eigenvalue weighted by Gasteiger charge is 2.26. The molecule has 0 radical (unpaired) electrons. The molecular weight excluding hydrogens is 318 g/mol. The molecule has 1 aromatic carbocycles. The highest BCUT2D eigenvalue weighted by molar-refractivity contribution is 5.80. The summed E-state index contributed by atoms with van der Waals surface area (Å²) in [7, 11) is 1.45. The molecule has 1 heterocycles. The molecule has 1 saturated heterocycles. The van der Waals surface area contributed by atoms with E-state index in [1.165, 1.54) is 7.11 Å². The average molecular weight is 347 g/mol. The second-order valence-electron chi connectivity index (χ2n) is 6.00. The largest absolute Gasteiger partial charge is 0.494 e. The zero-order valence-electron chi connectivity index (χ0n) is 15.5. The Morgan fingerprint density at radius 1 is 1.28 bits per heavy atom. The molecule has 1 aromatic rings. The van der Waals surface area contributed by atoms with E-state index < -0.39 is 0 Å². The summed E-state index contributed by atoms with van der Waals surface area (Å²) in [4.78, 5) is 18.7. The number of carbonyl (C=O) groups excluding carboxylic acids is 1. The number of methoxy groups -OCH3 is 1. The van der Waals surface area contributed by atoms with Gasteiger partial charge in [0, 0.05) is 25.2 Å². The fraction of sp³-hybridized carbons (Fsp3) is 0.579. The zero-order chi connectivity index (χ0) is 18.1. The third-order valence-electron chi connectivity index (χ3n) is 4.34. The normalized spacial score (nSPS) is 15.8. The van der Waals surface area contributed by atoms with E-state index in [1.54, 1.807) is 0 Å². The molecule has 0 bridgehead atoms. The van der Waals surface area contributed by atoms with Crippen LogP contribution in [0.5, 0.6) is 5.75 Å². The van der Waals surface area contributed by atoms with Crippen molar-refractivity contribution in [2.75, 3.05) is 33.4 Å². The summed E-state index contributed by atoms with van der Waals surface area (Å²) >= 11 is 0. The molecule has 0 unspecified atom stereocenters. The van der Waals surface area contributed by atoms with Gasteiger partial charge in [-0.05, 0) is 32.8 Å². The second kappa shape index (κ2) is 9.91. The van der Waals surface area contributed by atoms with Crippen LogP contribution < -0.4 is 10.1 Å². The maximum atomic E-state index is 11.7. The van der Waals surface area contributed by atoms with Gasteiger partial charge in [0.25, 0.3) is 0 Å². The molecule has 0 aliphatic carbocycles. The highest BCUT2D eigenvalue weighted by Crippen LogP contribution is 2.21. The third kappa shape index (κ3) is 5.37. The van der Waals surface area contributed by atoms with Crippen molar-refractivity contribution in [3.05, 3.63) is 29.8 Å². The molecule has 0 spiro atoms. The maximum Gasteiger partial charge on any atom is 0.308 e. The number of hydrogen-bond donors (Lipinski definition) is 1. The summed E-state index contributed by atoms with van der Waals surface area (Å²) < 4.78 is 10.5. The van der Waals surface area contributed by atoms with Crippen molar-refractivity contribution < 1.29 is 14.3 Å². The summed E-state index contributed by atoms with van der Waals surface area (Å²) in [6, 6.07) is 7.99. The second-order valence-corrected chi connectivity index (χ2v) is 6.00. The number of rotatable bonds is 6. The van der Waals surface area contributed by atoms with E-state index in [9.17, 15) is 4.79 Å². The van der Waals surface area contributed by atoms with Crippen LogP contribution in [0.25, 0.3) is 0 Å². The molecule has 0 aromatic heterocycles. The Hall–Kier alpha value is -2.24. The molecule has 25 heavy (non-hydrogen) atoms. The Morgan fingerprint density at radius 3 is 2.64 bits per heavy atom. The van der Waals surface area contributed by atoms with Crippen LogP contribution in [0.3, 0.4) is 0 Å². The van der Waals surface area contributed by atoms with E-state index in [-0.39, 0.29) is 11.9 Å². The number of likely N-dealkylation sites (tertiary alicyclic amines) is 1. The molecule has 0 amide bonds. The zero-order valence-corrected chi connectivity index (χ0v) is 15.5. The first-order valence-electron chi connectivity index (χ1n) is 9.01. The Morgan fingerprint density at radius 2 is 2.00 bits per heavy atom. The van der Waals surface area contributed by atoms with Gasteiger partial charge in [0.15, 0.2) is 5.96 Å². The molecule has 6 nitrogen and oxygen atoms in total. The van der Waals surface area contributed by atoms with Crippen LogP contribution in [0.2, 0.25) is 0 Å². The number of carbonyl (C=O) groups is 1. The lowest BCUT2D eigenvalue weighted by atomic mass is 9.97. The van der Waals surface area contributed by atoms with E-state index >= 15 is 0 Å². The molecule has 6 heteroatoms. The number of benzene rings is 1. The number of para-hydroxylation sites is 1. The molecule has 0 saturated carbocycles. The predicted molar refractivity (Wildman–Crippen MR) is 98.7 cm³/mol. The van der Waals surface area contributed by atoms with Gasteiger partial charge in [0.2, 0.25) is 0 Å². The first-order chi connectivity index (χ1) is 12.2. The van der Waals surface area contributed by atoms with Gasteiger partial charge in [0.05, 0.1) is 26.2 Å². The van der Waals surface area contributed by atoms with Gasteiger partial charge in [-0.3, -0.25) is 4.79 Å². The maximum absolute atomic E-state index is 11.7. The third-order valence-corrected chi connectivity index (χ3v) is 4.34. The standard InChI is InChI=1S/C19H29N3O3/c1-4-20-19(22-12-10-15(11-13-22)18(23)24-3)21-14-16-8-6-7-9-17(16)25-5-2/h6-9,15H,4-5,10-14H2,1-3H3,(H,20,21). The molecule has 1 aliphatic heterocycles. The molecular formula is C19H29N3O3. The van der Waals surface area contributed by atoms with Crippen molar-refractivity contribution in [1.82, 2.24) is 10.2 Å². The van der Waals surface area contributed by atoms with Crippen LogP contribution in [-0.2, 0) is 16.1 Å². The van der Waals surface area contributed by atoms with E-state index in [1.807, 2.05) is 31.2 Å². The van der Waals surface area contributed by atoms with Gasteiger partial charge >= 0.3 is 5.97 Å². The SMILES string of the molecule is CCNC(=NCc1ccccc1OCC)N1CCC(C(=O)OC)CC1. The van der Waals surface area contributed by atoms with Crippen LogP contribution in [0.1, 0.15) is 32.3 Å². The number of nitrogens with one attached hydrogen (secondary N) is 1. The van der Waals surface area contributed by atoms with Crippen molar-refractivity contribution in [1.29, 1.82) is 0 Å². The van der Waals surface area contributed by atoms with Gasteiger partial charge < -0.3 is 19.7 Å². The van der Waals surface area contributed by atoms with Gasteiger partial charge in [-0.25, -0.2) is 4.99 Å². The number of piperidine rings is 1. The molecule has 1 aliphatic rings. The molecule has 1 N–H and O–H groups in total. The van der Waals surface area contributed by atoms with Crippen molar-refractivity contribution in [2.24, 2.45) is 10.9 Å².